The molecular weight excluding hydrogens is 322 g/mol. The molecule has 0 aromatic rings. The number of unbranched alkanes of at least 4 members (excludes halogenated alkanes) is 1. The van der Waals surface area contributed by atoms with E-state index < -0.39 is 6.03 Å². The van der Waals surface area contributed by atoms with Crippen LogP contribution in [0.4, 0.5) is 4.79 Å². The Hall–Kier alpha value is -1.67. The number of amides is 4. The Morgan fingerprint density at radius 1 is 0.920 bits per heavy atom. The van der Waals surface area contributed by atoms with Gasteiger partial charge in [-0.3, -0.25) is 24.7 Å². The summed E-state index contributed by atoms with van der Waals surface area (Å²) in [4.78, 5) is 41.5. The van der Waals surface area contributed by atoms with Gasteiger partial charge in [0.15, 0.2) is 0 Å². The van der Waals surface area contributed by atoms with Crippen LogP contribution in [0.1, 0.15) is 33.6 Å². The highest BCUT2D eigenvalue weighted by Gasteiger charge is 2.22. The fourth-order valence-electron chi connectivity index (χ4n) is 2.77. The van der Waals surface area contributed by atoms with Crippen LogP contribution in [0.3, 0.4) is 0 Å². The van der Waals surface area contributed by atoms with Gasteiger partial charge >= 0.3 is 6.03 Å². The second kappa shape index (κ2) is 11.8. The van der Waals surface area contributed by atoms with E-state index in [9.17, 15) is 14.4 Å². The zero-order valence-electron chi connectivity index (χ0n) is 15.8. The predicted molar refractivity (Wildman–Crippen MR) is 97.3 cm³/mol. The first-order valence-electron chi connectivity index (χ1n) is 9.30. The van der Waals surface area contributed by atoms with Crippen molar-refractivity contribution in [3.8, 4) is 0 Å². The summed E-state index contributed by atoms with van der Waals surface area (Å²) in [6.45, 7) is 11.6. The molecule has 1 aliphatic rings. The second-order valence-electron chi connectivity index (χ2n) is 6.28. The molecule has 1 fully saturated rings. The molecule has 0 atom stereocenters. The van der Waals surface area contributed by atoms with Gasteiger partial charge in [-0.25, -0.2) is 4.79 Å². The van der Waals surface area contributed by atoms with Crippen molar-refractivity contribution in [3.05, 3.63) is 0 Å². The van der Waals surface area contributed by atoms with E-state index >= 15 is 0 Å². The molecule has 1 rings (SSSR count). The first-order chi connectivity index (χ1) is 12.0. The molecule has 1 aliphatic heterocycles. The second-order valence-corrected chi connectivity index (χ2v) is 6.28. The minimum absolute atomic E-state index is 0.153. The first-order valence-corrected chi connectivity index (χ1v) is 9.30. The lowest BCUT2D eigenvalue weighted by Gasteiger charge is -2.34. The third-order valence-electron chi connectivity index (χ3n) is 4.38. The van der Waals surface area contributed by atoms with Crippen LogP contribution in [0, 0.1) is 0 Å². The van der Waals surface area contributed by atoms with Crippen molar-refractivity contribution in [2.24, 2.45) is 0 Å². The highest BCUT2D eigenvalue weighted by molar-refractivity contribution is 5.95. The molecule has 0 aromatic carbocycles. The highest BCUT2D eigenvalue weighted by atomic mass is 16.2. The summed E-state index contributed by atoms with van der Waals surface area (Å²) in [7, 11) is 0. The molecule has 0 unspecified atom stereocenters. The molecular formula is C17H33N5O3. The zero-order chi connectivity index (χ0) is 18.7. The van der Waals surface area contributed by atoms with Gasteiger partial charge < -0.3 is 10.2 Å². The lowest BCUT2D eigenvalue weighted by atomic mass is 10.3. The zero-order valence-corrected chi connectivity index (χ0v) is 15.8. The van der Waals surface area contributed by atoms with Gasteiger partial charge in [-0.1, -0.05) is 13.3 Å². The topological polar surface area (TPSA) is 85.0 Å². The van der Waals surface area contributed by atoms with Crippen LogP contribution in [0.5, 0.6) is 0 Å². The summed E-state index contributed by atoms with van der Waals surface area (Å²) >= 11 is 0. The smallest absolute Gasteiger partial charge is 0.321 e. The van der Waals surface area contributed by atoms with Crippen molar-refractivity contribution >= 4 is 17.8 Å². The van der Waals surface area contributed by atoms with Gasteiger partial charge in [0.05, 0.1) is 13.1 Å². The maximum atomic E-state index is 12.1. The summed E-state index contributed by atoms with van der Waals surface area (Å²) in [6, 6.07) is -0.429. The van der Waals surface area contributed by atoms with Gasteiger partial charge in [0.1, 0.15) is 0 Å². The van der Waals surface area contributed by atoms with E-state index in [1.807, 2.05) is 30.6 Å². The fourth-order valence-corrected chi connectivity index (χ4v) is 2.77. The van der Waals surface area contributed by atoms with E-state index in [4.69, 9.17) is 0 Å². The minimum atomic E-state index is -0.429. The molecule has 0 radical (unpaired) electrons. The summed E-state index contributed by atoms with van der Waals surface area (Å²) < 4.78 is 0. The Morgan fingerprint density at radius 3 is 2.00 bits per heavy atom. The van der Waals surface area contributed by atoms with Crippen LogP contribution in [0.25, 0.3) is 0 Å². The lowest BCUT2D eigenvalue weighted by Crippen LogP contribution is -2.52. The van der Waals surface area contributed by atoms with Crippen molar-refractivity contribution in [2.45, 2.75) is 33.6 Å². The van der Waals surface area contributed by atoms with Gasteiger partial charge in [-0.15, -0.1) is 0 Å². The molecule has 1 saturated heterocycles. The van der Waals surface area contributed by atoms with Gasteiger partial charge in [0.25, 0.3) is 0 Å². The quantitative estimate of drug-likeness (QED) is 0.573. The molecule has 1 heterocycles. The summed E-state index contributed by atoms with van der Waals surface area (Å²) in [5.74, 6) is -0.137. The number of nitrogens with zero attached hydrogens (tertiary/aromatic N) is 3. The van der Waals surface area contributed by atoms with E-state index in [0.717, 1.165) is 52.1 Å². The summed E-state index contributed by atoms with van der Waals surface area (Å²) in [5.41, 5.74) is 0. The average molecular weight is 355 g/mol. The van der Waals surface area contributed by atoms with Crippen molar-refractivity contribution in [2.75, 3.05) is 58.9 Å². The van der Waals surface area contributed by atoms with Crippen LogP contribution in [0.15, 0.2) is 0 Å². The number of carbonyl (C=O) groups excluding carboxylic acids is 3. The van der Waals surface area contributed by atoms with Gasteiger partial charge in [-0.05, 0) is 20.3 Å². The maximum absolute atomic E-state index is 12.1. The van der Waals surface area contributed by atoms with Crippen LogP contribution in [-0.2, 0) is 9.59 Å². The monoisotopic (exact) mass is 355 g/mol. The number of piperazine rings is 1. The Bertz CT molecular complexity index is 432. The summed E-state index contributed by atoms with van der Waals surface area (Å²) in [5, 5.41) is 5.02. The summed E-state index contributed by atoms with van der Waals surface area (Å²) in [6.07, 6.45) is 1.89. The molecule has 2 N–H and O–H groups in total. The van der Waals surface area contributed by atoms with E-state index in [1.54, 1.807) is 0 Å². The fraction of sp³-hybridized carbons (Fsp3) is 0.824. The molecule has 0 spiro atoms. The number of hydrogen-bond donors (Lipinski definition) is 2. The predicted octanol–water partition coefficient (Wildman–Crippen LogP) is 0.0983. The van der Waals surface area contributed by atoms with Crippen LogP contribution in [-0.4, -0.2) is 91.4 Å². The minimum Gasteiger partial charge on any atom is -0.342 e. The number of urea groups is 1. The largest absolute Gasteiger partial charge is 0.342 e. The number of hydrogen-bond acceptors (Lipinski definition) is 5. The highest BCUT2D eigenvalue weighted by Crippen LogP contribution is 2.02. The van der Waals surface area contributed by atoms with Gasteiger partial charge in [0, 0.05) is 45.8 Å². The van der Waals surface area contributed by atoms with E-state index in [1.165, 1.54) is 0 Å². The van der Waals surface area contributed by atoms with Crippen molar-refractivity contribution in [3.63, 3.8) is 0 Å². The SMILES string of the molecule is CCCCNC(=O)NC(=O)CN1CCN(CC(=O)N(CC)CC)CC1. The molecule has 0 aliphatic carbocycles. The molecule has 0 aromatic heterocycles. The first kappa shape index (κ1) is 21.4. The third kappa shape index (κ3) is 8.31. The number of rotatable bonds is 9. The van der Waals surface area contributed by atoms with Crippen molar-refractivity contribution < 1.29 is 14.4 Å². The normalized spacial score (nSPS) is 15.6. The molecule has 8 heteroatoms. The third-order valence-corrected chi connectivity index (χ3v) is 4.38. The number of imide groups is 1. The van der Waals surface area contributed by atoms with E-state index in [-0.39, 0.29) is 18.4 Å². The molecule has 4 amide bonds. The van der Waals surface area contributed by atoms with Crippen molar-refractivity contribution in [1.29, 1.82) is 0 Å². The molecule has 144 valence electrons. The van der Waals surface area contributed by atoms with Crippen LogP contribution < -0.4 is 10.6 Å². The van der Waals surface area contributed by atoms with Crippen LogP contribution >= 0.6 is 0 Å². The van der Waals surface area contributed by atoms with E-state index in [2.05, 4.69) is 15.5 Å². The van der Waals surface area contributed by atoms with Crippen molar-refractivity contribution in [1.82, 2.24) is 25.3 Å². The number of carbonyl (C=O) groups is 3. The molecule has 8 nitrogen and oxygen atoms in total. The number of likely N-dealkylation sites (N-methyl/N-ethyl adjacent to an activating group) is 1. The Morgan fingerprint density at radius 2 is 1.48 bits per heavy atom. The molecule has 0 saturated carbocycles. The van der Waals surface area contributed by atoms with Crippen LogP contribution in [0.2, 0.25) is 0 Å². The van der Waals surface area contributed by atoms with E-state index in [0.29, 0.717) is 13.1 Å². The Labute approximate surface area is 150 Å². The molecule has 25 heavy (non-hydrogen) atoms. The lowest BCUT2D eigenvalue weighted by molar-refractivity contribution is -0.132. The standard InChI is InChI=1S/C17H33N5O3/c1-4-7-8-18-17(25)19-15(23)13-20-9-11-21(12-10-20)14-16(24)22(5-2)6-3/h4-14H2,1-3H3,(H2,18,19,23,25). The van der Waals surface area contributed by atoms with Gasteiger partial charge in [-0.2, -0.15) is 0 Å². The number of nitrogens with one attached hydrogen (secondary N) is 2. The van der Waals surface area contributed by atoms with Gasteiger partial charge in [0.2, 0.25) is 11.8 Å². The Balaban J connectivity index is 2.24. The maximum Gasteiger partial charge on any atom is 0.321 e. The molecule has 0 bridgehead atoms. The Kier molecular flexibility index (Phi) is 10.1. The average Bonchev–Trinajstić information content (AvgIpc) is 2.58.